The Kier molecular flexibility index (Phi) is 6.68. The fraction of sp³-hybridized carbons (Fsp3) is 0.444. The molecule has 1 aliphatic carbocycles. The second kappa shape index (κ2) is 9.19. The van der Waals surface area contributed by atoms with Crippen LogP contribution in [-0.2, 0) is 9.59 Å². The van der Waals surface area contributed by atoms with Gasteiger partial charge in [0.1, 0.15) is 5.25 Å². The molecule has 1 atom stereocenters. The van der Waals surface area contributed by atoms with Crippen LogP contribution in [-0.4, -0.2) is 34.5 Å². The molecule has 2 amide bonds. The molecule has 26 heavy (non-hydrogen) atoms. The van der Waals surface area contributed by atoms with Crippen molar-refractivity contribution in [2.24, 2.45) is 10.2 Å². The topological polar surface area (TPSA) is 82.9 Å². The van der Waals surface area contributed by atoms with E-state index in [2.05, 4.69) is 20.8 Å². The van der Waals surface area contributed by atoms with Gasteiger partial charge in [-0.1, -0.05) is 54.8 Å². The molecule has 0 spiro atoms. The van der Waals surface area contributed by atoms with Gasteiger partial charge in [0.25, 0.3) is 0 Å². The summed E-state index contributed by atoms with van der Waals surface area (Å²) in [7, 11) is 0. The van der Waals surface area contributed by atoms with Gasteiger partial charge in [-0.05, 0) is 30.5 Å². The highest BCUT2D eigenvalue weighted by atomic mass is 35.5. The standard InChI is InChI=1S/C18H21ClN4O2S/c19-13-8-6-12(7-9-13)11-20-23-18-22-17(25)15(26-18)10-16(24)21-14-4-2-1-3-5-14/h6-9,11,14-15H,1-5,10H2,(H,21,24)(H,22,23,25). The van der Waals surface area contributed by atoms with Crippen LogP contribution in [0.4, 0.5) is 0 Å². The van der Waals surface area contributed by atoms with Gasteiger partial charge in [-0.15, -0.1) is 5.10 Å². The number of amides is 2. The van der Waals surface area contributed by atoms with Crippen molar-refractivity contribution in [3.8, 4) is 0 Å². The highest BCUT2D eigenvalue weighted by Gasteiger charge is 2.32. The molecular weight excluding hydrogens is 372 g/mol. The van der Waals surface area contributed by atoms with Crippen LogP contribution in [0.3, 0.4) is 0 Å². The fourth-order valence-electron chi connectivity index (χ4n) is 2.99. The summed E-state index contributed by atoms with van der Waals surface area (Å²) in [6.45, 7) is 0. The minimum absolute atomic E-state index is 0.0736. The van der Waals surface area contributed by atoms with Crippen molar-refractivity contribution in [1.82, 2.24) is 10.6 Å². The van der Waals surface area contributed by atoms with Crippen LogP contribution in [0.15, 0.2) is 34.5 Å². The van der Waals surface area contributed by atoms with E-state index >= 15 is 0 Å². The van der Waals surface area contributed by atoms with Crippen LogP contribution in [0.1, 0.15) is 44.1 Å². The summed E-state index contributed by atoms with van der Waals surface area (Å²) >= 11 is 7.07. The van der Waals surface area contributed by atoms with Crippen LogP contribution >= 0.6 is 23.4 Å². The minimum atomic E-state index is -0.455. The first-order valence-corrected chi connectivity index (χ1v) is 9.99. The molecule has 0 aromatic heterocycles. The summed E-state index contributed by atoms with van der Waals surface area (Å²) in [5, 5.41) is 14.3. The van der Waals surface area contributed by atoms with E-state index in [0.29, 0.717) is 10.2 Å². The Balaban J connectivity index is 1.49. The maximum absolute atomic E-state index is 12.2. The smallest absolute Gasteiger partial charge is 0.240 e. The Bertz CT molecular complexity index is 714. The van der Waals surface area contributed by atoms with Gasteiger partial charge in [0.2, 0.25) is 11.8 Å². The first-order valence-electron chi connectivity index (χ1n) is 8.73. The Hall–Kier alpha value is -1.86. The molecule has 1 aliphatic heterocycles. The number of nitrogens with one attached hydrogen (secondary N) is 2. The summed E-state index contributed by atoms with van der Waals surface area (Å²) in [5.74, 6) is -0.273. The van der Waals surface area contributed by atoms with Gasteiger partial charge >= 0.3 is 0 Å². The average molecular weight is 393 g/mol. The third kappa shape index (κ3) is 5.57. The molecule has 2 fully saturated rings. The molecule has 138 valence electrons. The van der Waals surface area contributed by atoms with Gasteiger partial charge in [-0.25, -0.2) is 0 Å². The lowest BCUT2D eigenvalue weighted by Crippen LogP contribution is -2.38. The van der Waals surface area contributed by atoms with Gasteiger partial charge in [-0.3, -0.25) is 9.59 Å². The number of carbonyl (C=O) groups excluding carboxylic acids is 2. The average Bonchev–Trinajstić information content (AvgIpc) is 2.97. The zero-order valence-corrected chi connectivity index (χ0v) is 15.9. The van der Waals surface area contributed by atoms with E-state index in [-0.39, 0.29) is 24.3 Å². The molecule has 2 N–H and O–H groups in total. The monoisotopic (exact) mass is 392 g/mol. The van der Waals surface area contributed by atoms with E-state index in [4.69, 9.17) is 11.6 Å². The van der Waals surface area contributed by atoms with E-state index in [1.165, 1.54) is 18.2 Å². The summed E-state index contributed by atoms with van der Waals surface area (Å²) < 4.78 is 0. The Morgan fingerprint density at radius 1 is 1.27 bits per heavy atom. The number of hydrogen-bond acceptors (Lipinski definition) is 5. The molecule has 1 saturated heterocycles. The third-order valence-corrected chi connectivity index (χ3v) is 5.67. The first-order chi connectivity index (χ1) is 12.6. The molecule has 2 aliphatic rings. The minimum Gasteiger partial charge on any atom is -0.353 e. The van der Waals surface area contributed by atoms with Crippen molar-refractivity contribution in [2.75, 3.05) is 0 Å². The Labute approximate surface area is 161 Å². The highest BCUT2D eigenvalue weighted by Crippen LogP contribution is 2.23. The number of carbonyl (C=O) groups is 2. The van der Waals surface area contributed by atoms with Gasteiger partial charge in [-0.2, -0.15) is 5.10 Å². The van der Waals surface area contributed by atoms with Crippen molar-refractivity contribution >= 4 is 46.6 Å². The largest absolute Gasteiger partial charge is 0.353 e. The second-order valence-electron chi connectivity index (χ2n) is 6.40. The van der Waals surface area contributed by atoms with Crippen LogP contribution in [0.2, 0.25) is 5.02 Å². The molecule has 1 unspecified atom stereocenters. The molecule has 6 nitrogen and oxygen atoms in total. The predicted molar refractivity (Wildman–Crippen MR) is 106 cm³/mol. The van der Waals surface area contributed by atoms with E-state index in [0.717, 1.165) is 31.2 Å². The Morgan fingerprint density at radius 2 is 2.00 bits per heavy atom. The normalized spacial score (nSPS) is 22.7. The SMILES string of the molecule is O=C(CC1SC(=NN=Cc2ccc(Cl)cc2)NC1=O)NC1CCCCC1. The number of rotatable bonds is 5. The molecule has 3 rings (SSSR count). The van der Waals surface area contributed by atoms with Gasteiger partial charge in [0, 0.05) is 17.5 Å². The maximum atomic E-state index is 12.2. The van der Waals surface area contributed by atoms with E-state index < -0.39 is 5.25 Å². The van der Waals surface area contributed by atoms with Crippen LogP contribution < -0.4 is 10.6 Å². The van der Waals surface area contributed by atoms with Gasteiger partial charge in [0.05, 0.1) is 6.21 Å². The lowest BCUT2D eigenvalue weighted by Gasteiger charge is -2.23. The van der Waals surface area contributed by atoms with E-state index in [1.54, 1.807) is 18.3 Å². The zero-order valence-electron chi connectivity index (χ0n) is 14.3. The lowest BCUT2D eigenvalue weighted by molar-refractivity contribution is -0.125. The molecule has 1 aromatic rings. The van der Waals surface area contributed by atoms with E-state index in [9.17, 15) is 9.59 Å². The molecule has 0 bridgehead atoms. The number of amidine groups is 1. The lowest BCUT2D eigenvalue weighted by atomic mass is 9.95. The predicted octanol–water partition coefficient (Wildman–Crippen LogP) is 3.10. The Morgan fingerprint density at radius 3 is 2.73 bits per heavy atom. The summed E-state index contributed by atoms with van der Waals surface area (Å²) in [6, 6.07) is 7.43. The molecule has 1 saturated carbocycles. The van der Waals surface area contributed by atoms with Crippen LogP contribution in [0, 0.1) is 0 Å². The summed E-state index contributed by atoms with van der Waals surface area (Å²) in [5.41, 5.74) is 0.858. The highest BCUT2D eigenvalue weighted by molar-refractivity contribution is 8.15. The quantitative estimate of drug-likeness (QED) is 0.596. The second-order valence-corrected chi connectivity index (χ2v) is 8.03. The van der Waals surface area contributed by atoms with E-state index in [1.807, 2.05) is 12.1 Å². The first kappa shape index (κ1) is 18.9. The number of nitrogens with zero attached hydrogens (tertiary/aromatic N) is 2. The van der Waals surface area contributed by atoms with Crippen LogP contribution in [0.25, 0.3) is 0 Å². The molecule has 0 radical (unpaired) electrons. The van der Waals surface area contributed by atoms with Crippen molar-refractivity contribution in [2.45, 2.75) is 49.8 Å². The van der Waals surface area contributed by atoms with Crippen LogP contribution in [0.5, 0.6) is 0 Å². The molecule has 1 heterocycles. The van der Waals surface area contributed by atoms with Gasteiger partial charge in [0.15, 0.2) is 5.17 Å². The molecule has 1 aromatic carbocycles. The number of benzene rings is 1. The maximum Gasteiger partial charge on any atom is 0.240 e. The zero-order chi connectivity index (χ0) is 18.4. The number of halogens is 1. The molecular formula is C18H21ClN4O2S. The number of thioether (sulfide) groups is 1. The number of hydrogen-bond donors (Lipinski definition) is 2. The third-order valence-electron chi connectivity index (χ3n) is 4.34. The van der Waals surface area contributed by atoms with Crippen molar-refractivity contribution in [3.05, 3.63) is 34.9 Å². The van der Waals surface area contributed by atoms with Crippen molar-refractivity contribution in [3.63, 3.8) is 0 Å². The molecule has 8 heteroatoms. The summed E-state index contributed by atoms with van der Waals surface area (Å²) in [4.78, 5) is 24.2. The van der Waals surface area contributed by atoms with Gasteiger partial charge < -0.3 is 10.6 Å². The summed E-state index contributed by atoms with van der Waals surface area (Å²) in [6.07, 6.45) is 7.36. The fourth-order valence-corrected chi connectivity index (χ4v) is 4.04. The van der Waals surface area contributed by atoms with Crippen molar-refractivity contribution in [1.29, 1.82) is 0 Å². The van der Waals surface area contributed by atoms with Crippen molar-refractivity contribution < 1.29 is 9.59 Å².